The fourth-order valence-corrected chi connectivity index (χ4v) is 3.85. The van der Waals surface area contributed by atoms with Gasteiger partial charge in [0.05, 0.1) is 4.91 Å². The van der Waals surface area contributed by atoms with Crippen molar-refractivity contribution in [3.63, 3.8) is 0 Å². The van der Waals surface area contributed by atoms with Crippen LogP contribution in [-0.4, -0.2) is 28.5 Å². The molecule has 1 heterocycles. The zero-order chi connectivity index (χ0) is 19.2. The largest absolute Gasteiger partial charge is 0.325 e. The molecular formula is C20H15BrN2O3S. The van der Waals surface area contributed by atoms with Crippen LogP contribution in [0.1, 0.15) is 5.56 Å². The number of hydrogen-bond donors (Lipinski definition) is 1. The molecule has 3 amide bonds. The van der Waals surface area contributed by atoms with Crippen LogP contribution in [0.25, 0.3) is 6.08 Å². The van der Waals surface area contributed by atoms with Crippen LogP contribution >= 0.6 is 27.7 Å². The van der Waals surface area contributed by atoms with Crippen molar-refractivity contribution in [2.75, 3.05) is 11.9 Å². The van der Waals surface area contributed by atoms with E-state index in [-0.39, 0.29) is 11.4 Å². The first kappa shape index (κ1) is 19.1. The van der Waals surface area contributed by atoms with E-state index in [1.165, 1.54) is 0 Å². The van der Waals surface area contributed by atoms with Crippen molar-refractivity contribution < 1.29 is 14.4 Å². The van der Waals surface area contributed by atoms with Crippen LogP contribution in [0, 0.1) is 0 Å². The average molecular weight is 443 g/mol. The van der Waals surface area contributed by atoms with Crippen LogP contribution < -0.4 is 5.32 Å². The molecule has 1 fully saturated rings. The average Bonchev–Trinajstić information content (AvgIpc) is 2.90. The quantitative estimate of drug-likeness (QED) is 0.684. The standard InChI is InChI=1S/C20H15BrN2O3S/c21-15(11-14-7-3-1-4-8-14)12-17-19(25)23(20(26)27-17)13-18(24)22-16-9-5-2-6-10-16/h1-12H,13H2,(H,22,24)/b15-11-,17-12-. The monoisotopic (exact) mass is 442 g/mol. The lowest BCUT2D eigenvalue weighted by atomic mass is 10.2. The first-order chi connectivity index (χ1) is 13.0. The second-order valence-electron chi connectivity index (χ2n) is 5.62. The molecule has 5 nitrogen and oxygen atoms in total. The summed E-state index contributed by atoms with van der Waals surface area (Å²) in [7, 11) is 0. The molecule has 1 N–H and O–H groups in total. The number of para-hydroxylation sites is 1. The third kappa shape index (κ3) is 5.18. The molecule has 7 heteroatoms. The Morgan fingerprint density at radius 2 is 1.67 bits per heavy atom. The van der Waals surface area contributed by atoms with E-state index in [2.05, 4.69) is 21.2 Å². The molecule has 1 saturated heterocycles. The summed E-state index contributed by atoms with van der Waals surface area (Å²) in [4.78, 5) is 38.0. The fourth-order valence-electron chi connectivity index (χ4n) is 2.38. The Morgan fingerprint density at radius 1 is 1.04 bits per heavy atom. The van der Waals surface area contributed by atoms with Crippen molar-refractivity contribution in [2.24, 2.45) is 0 Å². The number of rotatable bonds is 5. The molecule has 136 valence electrons. The molecule has 0 aliphatic carbocycles. The predicted octanol–water partition coefficient (Wildman–Crippen LogP) is 4.64. The number of amides is 3. The van der Waals surface area contributed by atoms with Crippen LogP contribution in [0.4, 0.5) is 10.5 Å². The van der Waals surface area contributed by atoms with Crippen LogP contribution in [0.5, 0.6) is 0 Å². The van der Waals surface area contributed by atoms with Crippen molar-refractivity contribution in [1.82, 2.24) is 4.90 Å². The molecule has 27 heavy (non-hydrogen) atoms. The summed E-state index contributed by atoms with van der Waals surface area (Å²) in [5.41, 5.74) is 1.57. The van der Waals surface area contributed by atoms with Crippen LogP contribution in [-0.2, 0) is 9.59 Å². The number of nitrogens with zero attached hydrogens (tertiary/aromatic N) is 1. The Balaban J connectivity index is 1.67. The van der Waals surface area contributed by atoms with Crippen LogP contribution in [0.3, 0.4) is 0 Å². The molecule has 0 aromatic heterocycles. The highest BCUT2D eigenvalue weighted by Crippen LogP contribution is 2.32. The highest BCUT2D eigenvalue weighted by Gasteiger charge is 2.36. The smallest absolute Gasteiger partial charge is 0.294 e. The van der Waals surface area contributed by atoms with Gasteiger partial charge in [-0.25, -0.2) is 0 Å². The first-order valence-electron chi connectivity index (χ1n) is 8.05. The summed E-state index contributed by atoms with van der Waals surface area (Å²) in [6, 6.07) is 18.5. The number of thioether (sulfide) groups is 1. The summed E-state index contributed by atoms with van der Waals surface area (Å²) < 4.78 is 0.660. The molecule has 1 aliphatic heterocycles. The van der Waals surface area contributed by atoms with Gasteiger partial charge in [0.15, 0.2) is 0 Å². The maximum atomic E-state index is 12.5. The molecule has 0 spiro atoms. The van der Waals surface area contributed by atoms with E-state index in [4.69, 9.17) is 0 Å². The van der Waals surface area contributed by atoms with Crippen molar-refractivity contribution in [3.05, 3.63) is 81.7 Å². The molecule has 0 unspecified atom stereocenters. The maximum absolute atomic E-state index is 12.5. The molecule has 0 atom stereocenters. The van der Waals surface area contributed by atoms with Gasteiger partial charge in [-0.1, -0.05) is 64.5 Å². The molecule has 0 saturated carbocycles. The zero-order valence-corrected chi connectivity index (χ0v) is 16.5. The Morgan fingerprint density at radius 3 is 2.33 bits per heavy atom. The van der Waals surface area contributed by atoms with Gasteiger partial charge in [0.2, 0.25) is 5.91 Å². The number of nitrogens with one attached hydrogen (secondary N) is 1. The highest BCUT2D eigenvalue weighted by molar-refractivity contribution is 9.12. The minimum Gasteiger partial charge on any atom is -0.325 e. The summed E-state index contributed by atoms with van der Waals surface area (Å²) in [6.07, 6.45) is 3.43. The Labute approximate surface area is 169 Å². The number of imide groups is 1. The second kappa shape index (κ2) is 8.83. The van der Waals surface area contributed by atoms with Crippen molar-refractivity contribution in [3.8, 4) is 0 Å². The van der Waals surface area contributed by atoms with Crippen LogP contribution in [0.2, 0.25) is 0 Å². The second-order valence-corrected chi connectivity index (χ2v) is 7.53. The van der Waals surface area contributed by atoms with Gasteiger partial charge in [0.25, 0.3) is 11.1 Å². The van der Waals surface area contributed by atoms with E-state index >= 15 is 0 Å². The minimum atomic E-state index is -0.480. The number of carbonyl (C=O) groups excluding carboxylic acids is 3. The van der Waals surface area contributed by atoms with Gasteiger partial charge in [-0.2, -0.15) is 0 Å². The van der Waals surface area contributed by atoms with E-state index < -0.39 is 17.1 Å². The van der Waals surface area contributed by atoms with E-state index in [0.29, 0.717) is 10.2 Å². The fraction of sp³-hybridized carbons (Fsp3) is 0.0500. The first-order valence-corrected chi connectivity index (χ1v) is 9.66. The maximum Gasteiger partial charge on any atom is 0.294 e. The van der Waals surface area contributed by atoms with Crippen molar-refractivity contribution in [2.45, 2.75) is 0 Å². The summed E-state index contributed by atoms with van der Waals surface area (Å²) >= 11 is 4.21. The normalized spacial score (nSPS) is 16.1. The van der Waals surface area contributed by atoms with Gasteiger partial charge in [0, 0.05) is 10.2 Å². The SMILES string of the molecule is O=C(CN1C(=O)S/C(=C\C(Br)=C\c2ccccc2)C1=O)Nc1ccccc1. The Bertz CT molecular complexity index is 927. The number of carbonyl (C=O) groups is 3. The van der Waals surface area contributed by atoms with E-state index in [1.54, 1.807) is 30.3 Å². The molecule has 3 rings (SSSR count). The third-order valence-electron chi connectivity index (χ3n) is 3.61. The van der Waals surface area contributed by atoms with E-state index in [0.717, 1.165) is 22.2 Å². The minimum absolute atomic E-state index is 0.270. The summed E-state index contributed by atoms with van der Waals surface area (Å²) in [5, 5.41) is 2.20. The Hall–Kier alpha value is -2.64. The van der Waals surface area contributed by atoms with E-state index in [1.807, 2.05) is 42.5 Å². The highest BCUT2D eigenvalue weighted by atomic mass is 79.9. The third-order valence-corrected chi connectivity index (χ3v) is 4.97. The zero-order valence-electron chi connectivity index (χ0n) is 14.1. The van der Waals surface area contributed by atoms with Crippen molar-refractivity contribution in [1.29, 1.82) is 0 Å². The van der Waals surface area contributed by atoms with Gasteiger partial charge in [0.1, 0.15) is 6.54 Å². The number of benzene rings is 2. The van der Waals surface area contributed by atoms with Crippen molar-refractivity contribution >= 4 is 56.5 Å². The molecule has 2 aromatic carbocycles. The summed E-state index contributed by atoms with van der Waals surface area (Å²) in [5.74, 6) is -0.907. The van der Waals surface area contributed by atoms with Gasteiger partial charge >= 0.3 is 0 Å². The molecule has 1 aliphatic rings. The van der Waals surface area contributed by atoms with Gasteiger partial charge < -0.3 is 5.32 Å². The lowest BCUT2D eigenvalue weighted by Crippen LogP contribution is -2.36. The van der Waals surface area contributed by atoms with Gasteiger partial charge in [-0.05, 0) is 41.6 Å². The topological polar surface area (TPSA) is 66.5 Å². The lowest BCUT2D eigenvalue weighted by molar-refractivity contribution is -0.127. The molecule has 2 aromatic rings. The number of hydrogen-bond acceptors (Lipinski definition) is 4. The predicted molar refractivity (Wildman–Crippen MR) is 111 cm³/mol. The van der Waals surface area contributed by atoms with Gasteiger partial charge in [-0.3, -0.25) is 19.3 Å². The van der Waals surface area contributed by atoms with E-state index in [9.17, 15) is 14.4 Å². The summed E-state index contributed by atoms with van der Waals surface area (Å²) in [6.45, 7) is -0.323. The van der Waals surface area contributed by atoms with Crippen LogP contribution in [0.15, 0.2) is 76.1 Å². The molecular weight excluding hydrogens is 428 g/mol. The number of halogens is 1. The number of allylic oxidation sites excluding steroid dienone is 2. The molecule has 0 radical (unpaired) electrons. The lowest BCUT2D eigenvalue weighted by Gasteiger charge is -2.12. The van der Waals surface area contributed by atoms with Gasteiger partial charge in [-0.15, -0.1) is 0 Å². The molecule has 0 bridgehead atoms. The number of anilines is 1. The Kier molecular flexibility index (Phi) is 6.26.